The molecule has 0 atom stereocenters. The molecule has 0 radical (unpaired) electrons. The van der Waals surface area contributed by atoms with Crippen LogP contribution >= 0.6 is 0 Å². The van der Waals surface area contributed by atoms with Crippen molar-refractivity contribution >= 4 is 23.6 Å². The minimum Gasteiger partial charge on any atom is -0.481 e. The Kier molecular flexibility index (Phi) is 5.69. The Morgan fingerprint density at radius 2 is 1.83 bits per heavy atom. The highest BCUT2D eigenvalue weighted by Crippen LogP contribution is 2.17. The largest absolute Gasteiger partial charge is 0.481 e. The molecule has 2 aromatic carbocycles. The molecule has 0 fully saturated rings. The topological polar surface area (TPSA) is 57.6 Å². The molecule has 4 heteroatoms. The lowest BCUT2D eigenvalue weighted by molar-refractivity contribution is -0.136. The van der Waals surface area contributed by atoms with Crippen molar-refractivity contribution in [3.63, 3.8) is 0 Å². The van der Waals surface area contributed by atoms with Gasteiger partial charge in [0.25, 0.3) is 5.91 Å². The Labute approximate surface area is 135 Å². The number of carboxylic acid groups (broad SMARTS) is 1. The highest BCUT2D eigenvalue weighted by molar-refractivity contribution is 6.04. The first-order valence-corrected chi connectivity index (χ1v) is 7.39. The van der Waals surface area contributed by atoms with Crippen molar-refractivity contribution in [2.75, 3.05) is 11.4 Å². The average Bonchev–Trinajstić information content (AvgIpc) is 2.54. The van der Waals surface area contributed by atoms with E-state index in [0.717, 1.165) is 11.1 Å². The summed E-state index contributed by atoms with van der Waals surface area (Å²) < 4.78 is 0. The first-order valence-electron chi connectivity index (χ1n) is 7.39. The summed E-state index contributed by atoms with van der Waals surface area (Å²) in [5.74, 6) is -1.16. The fourth-order valence-electron chi connectivity index (χ4n) is 2.19. The number of benzene rings is 2. The van der Waals surface area contributed by atoms with Crippen LogP contribution in [0.2, 0.25) is 0 Å². The van der Waals surface area contributed by atoms with Crippen LogP contribution in [0.1, 0.15) is 17.5 Å². The van der Waals surface area contributed by atoms with Crippen molar-refractivity contribution in [2.45, 2.75) is 13.3 Å². The third-order valence-corrected chi connectivity index (χ3v) is 3.35. The van der Waals surface area contributed by atoms with Crippen molar-refractivity contribution < 1.29 is 14.7 Å². The van der Waals surface area contributed by atoms with Crippen molar-refractivity contribution in [2.24, 2.45) is 0 Å². The Balaban J connectivity index is 2.20. The Bertz CT molecular complexity index is 708. The number of amides is 1. The number of anilines is 1. The number of aliphatic carboxylic acids is 1. The van der Waals surface area contributed by atoms with E-state index >= 15 is 0 Å². The summed E-state index contributed by atoms with van der Waals surface area (Å²) >= 11 is 0. The van der Waals surface area contributed by atoms with E-state index in [-0.39, 0.29) is 18.9 Å². The molecule has 4 nitrogen and oxygen atoms in total. The molecule has 2 rings (SSSR count). The maximum Gasteiger partial charge on any atom is 0.305 e. The summed E-state index contributed by atoms with van der Waals surface area (Å²) in [4.78, 5) is 24.8. The highest BCUT2D eigenvalue weighted by atomic mass is 16.4. The fraction of sp³-hybridized carbons (Fsp3) is 0.158. The van der Waals surface area contributed by atoms with Gasteiger partial charge in [-0.3, -0.25) is 9.59 Å². The van der Waals surface area contributed by atoms with E-state index in [1.54, 1.807) is 6.08 Å². The summed E-state index contributed by atoms with van der Waals surface area (Å²) in [6.45, 7) is 2.07. The van der Waals surface area contributed by atoms with Gasteiger partial charge in [-0.05, 0) is 36.3 Å². The van der Waals surface area contributed by atoms with Gasteiger partial charge in [0.2, 0.25) is 0 Å². The third-order valence-electron chi connectivity index (χ3n) is 3.35. The quantitative estimate of drug-likeness (QED) is 0.831. The molecule has 0 aromatic heterocycles. The number of carbonyl (C=O) groups excluding carboxylic acids is 1. The molecular weight excluding hydrogens is 290 g/mol. The van der Waals surface area contributed by atoms with E-state index in [1.165, 1.54) is 11.0 Å². The Morgan fingerprint density at radius 3 is 2.48 bits per heavy atom. The first kappa shape index (κ1) is 16.5. The van der Waals surface area contributed by atoms with Crippen molar-refractivity contribution in [1.82, 2.24) is 0 Å². The molecule has 0 aliphatic heterocycles. The SMILES string of the molecule is Cc1cccc(N(CCC(=O)O)C(=O)/C=C/c2ccccc2)c1. The number of carboxylic acids is 1. The van der Waals surface area contributed by atoms with Gasteiger partial charge in [-0.15, -0.1) is 0 Å². The summed E-state index contributed by atoms with van der Waals surface area (Å²) in [7, 11) is 0. The van der Waals surface area contributed by atoms with Gasteiger partial charge >= 0.3 is 5.97 Å². The van der Waals surface area contributed by atoms with Crippen LogP contribution in [0.15, 0.2) is 60.7 Å². The lowest BCUT2D eigenvalue weighted by Crippen LogP contribution is -2.31. The zero-order chi connectivity index (χ0) is 16.7. The minimum absolute atomic E-state index is 0.0984. The monoisotopic (exact) mass is 309 g/mol. The van der Waals surface area contributed by atoms with Crippen LogP contribution in [-0.2, 0) is 9.59 Å². The maximum atomic E-state index is 12.5. The third kappa shape index (κ3) is 5.11. The zero-order valence-electron chi connectivity index (χ0n) is 13.0. The number of rotatable bonds is 6. The van der Waals surface area contributed by atoms with Gasteiger partial charge in [0.1, 0.15) is 0 Å². The standard InChI is InChI=1S/C19H19NO3/c1-15-6-5-9-17(14-15)20(13-12-19(22)23)18(21)11-10-16-7-3-2-4-8-16/h2-11,14H,12-13H2,1H3,(H,22,23)/b11-10+. The smallest absolute Gasteiger partial charge is 0.305 e. The predicted octanol–water partition coefficient (Wildman–Crippen LogP) is 3.52. The molecule has 0 aliphatic rings. The Hall–Kier alpha value is -2.88. The second kappa shape index (κ2) is 7.94. The molecule has 23 heavy (non-hydrogen) atoms. The lowest BCUT2D eigenvalue weighted by Gasteiger charge is -2.21. The summed E-state index contributed by atoms with van der Waals surface area (Å²) in [5.41, 5.74) is 2.64. The summed E-state index contributed by atoms with van der Waals surface area (Å²) in [5, 5.41) is 8.90. The molecule has 118 valence electrons. The molecule has 1 amide bonds. The molecule has 1 N–H and O–H groups in total. The van der Waals surface area contributed by atoms with Crippen LogP contribution in [0.5, 0.6) is 0 Å². The molecule has 0 saturated carbocycles. The first-order chi connectivity index (χ1) is 11.1. The van der Waals surface area contributed by atoms with Gasteiger partial charge in [0.15, 0.2) is 0 Å². The van der Waals surface area contributed by atoms with E-state index in [9.17, 15) is 9.59 Å². The van der Waals surface area contributed by atoms with Crippen LogP contribution in [-0.4, -0.2) is 23.5 Å². The molecule has 0 saturated heterocycles. The zero-order valence-corrected chi connectivity index (χ0v) is 13.0. The van der Waals surface area contributed by atoms with Crippen molar-refractivity contribution in [1.29, 1.82) is 0 Å². The minimum atomic E-state index is -0.928. The van der Waals surface area contributed by atoms with Gasteiger partial charge in [-0.2, -0.15) is 0 Å². The number of aryl methyl sites for hydroxylation is 1. The van der Waals surface area contributed by atoms with Gasteiger partial charge in [-0.1, -0.05) is 42.5 Å². The van der Waals surface area contributed by atoms with E-state index in [1.807, 2.05) is 61.5 Å². The lowest BCUT2D eigenvalue weighted by atomic mass is 10.2. The molecule has 0 bridgehead atoms. The maximum absolute atomic E-state index is 12.5. The molecule has 0 aliphatic carbocycles. The number of nitrogens with zero attached hydrogens (tertiary/aromatic N) is 1. The summed E-state index contributed by atoms with van der Waals surface area (Å²) in [6, 6.07) is 17.0. The van der Waals surface area contributed by atoms with Crippen LogP contribution in [0, 0.1) is 6.92 Å². The van der Waals surface area contributed by atoms with E-state index in [4.69, 9.17) is 5.11 Å². The number of carbonyl (C=O) groups is 2. The normalized spacial score (nSPS) is 10.7. The van der Waals surface area contributed by atoms with Crippen LogP contribution in [0.4, 0.5) is 5.69 Å². The second-order valence-corrected chi connectivity index (χ2v) is 5.22. The molecular formula is C19H19NO3. The van der Waals surface area contributed by atoms with Gasteiger partial charge in [0.05, 0.1) is 6.42 Å². The van der Waals surface area contributed by atoms with Crippen LogP contribution in [0.3, 0.4) is 0 Å². The van der Waals surface area contributed by atoms with Gasteiger partial charge < -0.3 is 10.0 Å². The second-order valence-electron chi connectivity index (χ2n) is 5.22. The van der Waals surface area contributed by atoms with E-state index in [0.29, 0.717) is 5.69 Å². The van der Waals surface area contributed by atoms with E-state index in [2.05, 4.69) is 0 Å². The number of hydrogen-bond donors (Lipinski definition) is 1. The van der Waals surface area contributed by atoms with Crippen LogP contribution in [0.25, 0.3) is 6.08 Å². The van der Waals surface area contributed by atoms with Gasteiger partial charge in [0, 0.05) is 18.3 Å². The summed E-state index contributed by atoms with van der Waals surface area (Å²) in [6.07, 6.45) is 3.10. The fourth-order valence-corrected chi connectivity index (χ4v) is 2.19. The van der Waals surface area contributed by atoms with Crippen molar-refractivity contribution in [3.8, 4) is 0 Å². The molecule has 0 unspecified atom stereocenters. The molecule has 2 aromatic rings. The average molecular weight is 309 g/mol. The van der Waals surface area contributed by atoms with E-state index < -0.39 is 5.97 Å². The Morgan fingerprint density at radius 1 is 1.09 bits per heavy atom. The van der Waals surface area contributed by atoms with Crippen molar-refractivity contribution in [3.05, 3.63) is 71.8 Å². The van der Waals surface area contributed by atoms with Crippen LogP contribution < -0.4 is 4.90 Å². The highest BCUT2D eigenvalue weighted by Gasteiger charge is 2.14. The number of hydrogen-bond acceptors (Lipinski definition) is 2. The molecule has 0 heterocycles. The molecule has 0 spiro atoms. The predicted molar refractivity (Wildman–Crippen MR) is 91.3 cm³/mol. The van der Waals surface area contributed by atoms with Gasteiger partial charge in [-0.25, -0.2) is 0 Å².